The summed E-state index contributed by atoms with van der Waals surface area (Å²) in [6.07, 6.45) is 0.422. The quantitative estimate of drug-likeness (QED) is 0.414. The number of rotatable bonds is 10. The van der Waals surface area contributed by atoms with Crippen molar-refractivity contribution in [2.24, 2.45) is 0 Å². The van der Waals surface area contributed by atoms with Gasteiger partial charge in [0.15, 0.2) is 6.61 Å². The summed E-state index contributed by atoms with van der Waals surface area (Å²) in [5, 5.41) is 14.1. The molecule has 0 aliphatic carbocycles. The maximum atomic E-state index is 13.3. The molecule has 9 heteroatoms. The molecule has 34 heavy (non-hydrogen) atoms. The van der Waals surface area contributed by atoms with E-state index in [1.54, 1.807) is 0 Å². The van der Waals surface area contributed by atoms with Gasteiger partial charge in [-0.15, -0.1) is 0 Å². The van der Waals surface area contributed by atoms with Crippen LogP contribution in [0.15, 0.2) is 42.5 Å². The van der Waals surface area contributed by atoms with Gasteiger partial charge in [0.05, 0.1) is 12.0 Å². The highest BCUT2D eigenvalue weighted by Gasteiger charge is 2.31. The predicted octanol–water partition coefficient (Wildman–Crippen LogP) is 4.01. The molecule has 1 N–H and O–H groups in total. The number of carbonyl (C=O) groups is 2. The molecule has 0 radical (unpaired) electrons. The monoisotopic (exact) mass is 471 g/mol. The molecule has 0 saturated carbocycles. The first-order chi connectivity index (χ1) is 16.0. The first-order valence-corrected chi connectivity index (χ1v) is 11.1. The van der Waals surface area contributed by atoms with Crippen molar-refractivity contribution in [2.75, 3.05) is 13.7 Å². The number of methoxy groups -OCH3 is 1. The summed E-state index contributed by atoms with van der Waals surface area (Å²) in [6, 6.07) is 11.0. The zero-order valence-electron chi connectivity index (χ0n) is 20.6. The van der Waals surface area contributed by atoms with E-state index in [1.165, 1.54) is 30.2 Å². The minimum Gasteiger partial charge on any atom is -0.490 e. The van der Waals surface area contributed by atoms with Crippen LogP contribution in [-0.2, 0) is 16.1 Å². The molecule has 0 spiro atoms. The molecule has 1 atom stereocenters. The van der Waals surface area contributed by atoms with E-state index in [4.69, 9.17) is 9.47 Å². The van der Waals surface area contributed by atoms with Gasteiger partial charge < -0.3 is 19.7 Å². The van der Waals surface area contributed by atoms with Crippen molar-refractivity contribution in [3.05, 3.63) is 63.7 Å². The maximum absolute atomic E-state index is 13.3. The normalized spacial score (nSPS) is 11.9. The zero-order chi connectivity index (χ0) is 25.5. The van der Waals surface area contributed by atoms with Crippen molar-refractivity contribution in [3.8, 4) is 11.5 Å². The smallest absolute Gasteiger partial charge is 0.311 e. The third-order valence-electron chi connectivity index (χ3n) is 5.20. The molecule has 9 nitrogen and oxygen atoms in total. The lowest BCUT2D eigenvalue weighted by atomic mass is 10.0. The zero-order valence-corrected chi connectivity index (χ0v) is 20.6. The summed E-state index contributed by atoms with van der Waals surface area (Å²) in [7, 11) is 1.32. The predicted molar refractivity (Wildman–Crippen MR) is 129 cm³/mol. The Hall–Kier alpha value is -3.62. The fraction of sp³-hybridized carbons (Fsp3) is 0.440. The summed E-state index contributed by atoms with van der Waals surface area (Å²) in [5.41, 5.74) is 1.28. The van der Waals surface area contributed by atoms with Gasteiger partial charge in [-0.25, -0.2) is 0 Å². The van der Waals surface area contributed by atoms with Crippen LogP contribution in [0.25, 0.3) is 0 Å². The SMILES string of the molecule is CC[C@@H](C(=O)NC(C)(C)C)N(Cc1ccccc1C)C(=O)COc1ccc([N+](=O)[O-])c(OC)c1. The molecule has 0 heterocycles. The minimum atomic E-state index is -0.693. The second-order valence-electron chi connectivity index (χ2n) is 8.99. The van der Waals surface area contributed by atoms with Crippen LogP contribution in [0.4, 0.5) is 5.69 Å². The van der Waals surface area contributed by atoms with Crippen LogP contribution < -0.4 is 14.8 Å². The summed E-state index contributed by atoms with van der Waals surface area (Å²) >= 11 is 0. The molecule has 2 rings (SSSR count). The standard InChI is InChI=1S/C25H33N3O6/c1-7-20(24(30)26-25(3,4)5)27(15-18-11-9-8-10-17(18)2)23(29)16-34-19-12-13-21(28(31)32)22(14-19)33-6/h8-14,20H,7,15-16H2,1-6H3,(H,26,30)/t20-/m0/s1. The van der Waals surface area contributed by atoms with Gasteiger partial charge in [-0.2, -0.15) is 0 Å². The number of hydrogen-bond donors (Lipinski definition) is 1. The molecule has 2 amide bonds. The molecular formula is C25H33N3O6. The number of nitrogens with one attached hydrogen (secondary N) is 1. The van der Waals surface area contributed by atoms with E-state index in [-0.39, 0.29) is 42.2 Å². The van der Waals surface area contributed by atoms with Crippen molar-refractivity contribution in [1.29, 1.82) is 0 Å². The number of carbonyl (C=O) groups excluding carboxylic acids is 2. The Morgan fingerprint density at radius 2 is 1.85 bits per heavy atom. The van der Waals surface area contributed by atoms with Crippen LogP contribution in [0.3, 0.4) is 0 Å². The molecule has 184 valence electrons. The minimum absolute atomic E-state index is 0.0303. The largest absolute Gasteiger partial charge is 0.490 e. The molecule has 2 aromatic rings. The van der Waals surface area contributed by atoms with Gasteiger partial charge >= 0.3 is 5.69 Å². The average Bonchev–Trinajstić information content (AvgIpc) is 2.77. The van der Waals surface area contributed by atoms with Gasteiger partial charge in [-0.3, -0.25) is 19.7 Å². The first-order valence-electron chi connectivity index (χ1n) is 11.1. The molecule has 0 aliphatic rings. The van der Waals surface area contributed by atoms with E-state index >= 15 is 0 Å². The van der Waals surface area contributed by atoms with E-state index in [0.29, 0.717) is 6.42 Å². The number of amides is 2. The van der Waals surface area contributed by atoms with E-state index in [0.717, 1.165) is 11.1 Å². The Kier molecular flexibility index (Phi) is 9.00. The molecule has 2 aromatic carbocycles. The van der Waals surface area contributed by atoms with Crippen LogP contribution in [0.1, 0.15) is 45.2 Å². The lowest BCUT2D eigenvalue weighted by Crippen LogP contribution is -2.54. The first kappa shape index (κ1) is 26.6. The Labute approximate surface area is 200 Å². The fourth-order valence-electron chi connectivity index (χ4n) is 3.47. The Bertz CT molecular complexity index is 1030. The third kappa shape index (κ3) is 7.19. The summed E-state index contributed by atoms with van der Waals surface area (Å²) < 4.78 is 10.7. The molecule has 0 unspecified atom stereocenters. The molecule has 0 bridgehead atoms. The number of aryl methyl sites for hydroxylation is 1. The molecule has 0 fully saturated rings. The summed E-state index contributed by atoms with van der Waals surface area (Å²) in [6.45, 7) is 9.37. The summed E-state index contributed by atoms with van der Waals surface area (Å²) in [5.74, 6) is -0.341. The molecule has 0 saturated heterocycles. The topological polar surface area (TPSA) is 111 Å². The van der Waals surface area contributed by atoms with Crippen LogP contribution in [-0.4, -0.2) is 46.9 Å². The highest BCUT2D eigenvalue weighted by molar-refractivity contribution is 5.88. The van der Waals surface area contributed by atoms with Crippen molar-refractivity contribution < 1.29 is 24.0 Å². The van der Waals surface area contributed by atoms with E-state index in [2.05, 4.69) is 5.32 Å². The van der Waals surface area contributed by atoms with Crippen molar-refractivity contribution >= 4 is 17.5 Å². The number of nitro groups is 1. The second-order valence-corrected chi connectivity index (χ2v) is 8.99. The van der Waals surface area contributed by atoms with Crippen LogP contribution in [0.2, 0.25) is 0 Å². The van der Waals surface area contributed by atoms with Gasteiger partial charge in [-0.05, 0) is 51.3 Å². The van der Waals surface area contributed by atoms with Crippen molar-refractivity contribution in [1.82, 2.24) is 10.2 Å². The molecule has 0 aromatic heterocycles. The number of ether oxygens (including phenoxy) is 2. The number of hydrogen-bond acceptors (Lipinski definition) is 6. The van der Waals surface area contributed by atoms with Gasteiger partial charge in [0, 0.05) is 24.2 Å². The fourth-order valence-corrected chi connectivity index (χ4v) is 3.47. The second kappa shape index (κ2) is 11.5. The van der Waals surface area contributed by atoms with E-state index in [9.17, 15) is 19.7 Å². The van der Waals surface area contributed by atoms with Crippen molar-refractivity contribution in [2.45, 2.75) is 59.2 Å². The van der Waals surface area contributed by atoms with Crippen LogP contribution >= 0.6 is 0 Å². The van der Waals surface area contributed by atoms with E-state index < -0.39 is 16.5 Å². The number of nitrogens with zero attached hydrogens (tertiary/aromatic N) is 2. The highest BCUT2D eigenvalue weighted by Crippen LogP contribution is 2.30. The van der Waals surface area contributed by atoms with Gasteiger partial charge in [0.2, 0.25) is 11.7 Å². The maximum Gasteiger partial charge on any atom is 0.311 e. The van der Waals surface area contributed by atoms with Crippen LogP contribution in [0.5, 0.6) is 11.5 Å². The van der Waals surface area contributed by atoms with Crippen LogP contribution in [0, 0.1) is 17.0 Å². The van der Waals surface area contributed by atoms with E-state index in [1.807, 2.05) is 58.9 Å². The summed E-state index contributed by atoms with van der Waals surface area (Å²) in [4.78, 5) is 38.4. The molecular weight excluding hydrogens is 438 g/mol. The number of nitro benzene ring substituents is 1. The van der Waals surface area contributed by atoms with Gasteiger partial charge in [0.25, 0.3) is 5.91 Å². The third-order valence-corrected chi connectivity index (χ3v) is 5.20. The lowest BCUT2D eigenvalue weighted by Gasteiger charge is -2.33. The van der Waals surface area contributed by atoms with Crippen molar-refractivity contribution in [3.63, 3.8) is 0 Å². The highest BCUT2D eigenvalue weighted by atomic mass is 16.6. The number of benzene rings is 2. The lowest BCUT2D eigenvalue weighted by molar-refractivity contribution is -0.385. The Balaban J connectivity index is 2.28. The van der Waals surface area contributed by atoms with Gasteiger partial charge in [-0.1, -0.05) is 31.2 Å². The van der Waals surface area contributed by atoms with Gasteiger partial charge in [0.1, 0.15) is 11.8 Å². The Morgan fingerprint density at radius 1 is 1.18 bits per heavy atom. The molecule has 0 aliphatic heterocycles. The Morgan fingerprint density at radius 3 is 2.41 bits per heavy atom. The average molecular weight is 472 g/mol.